The first-order chi connectivity index (χ1) is 14.6. The van der Waals surface area contributed by atoms with Crippen molar-refractivity contribution < 1.29 is 4.79 Å². The molecular formula is C24H20N4OS. The van der Waals surface area contributed by atoms with Gasteiger partial charge in [0, 0.05) is 23.5 Å². The van der Waals surface area contributed by atoms with Crippen molar-refractivity contribution in [2.45, 2.75) is 20.4 Å². The Kier molecular flexibility index (Phi) is 4.56. The van der Waals surface area contributed by atoms with Gasteiger partial charge in [0.05, 0.1) is 28.1 Å². The molecule has 0 atom stereocenters. The summed E-state index contributed by atoms with van der Waals surface area (Å²) >= 11 is 1.59. The van der Waals surface area contributed by atoms with Crippen LogP contribution in [0.5, 0.6) is 0 Å². The molecule has 0 radical (unpaired) electrons. The molecule has 6 heteroatoms. The van der Waals surface area contributed by atoms with E-state index in [1.54, 1.807) is 17.5 Å². The Morgan fingerprint density at radius 1 is 1.10 bits per heavy atom. The third-order valence-corrected chi connectivity index (χ3v) is 6.19. The molecular weight excluding hydrogens is 392 g/mol. The molecule has 1 N–H and O–H groups in total. The predicted octanol–water partition coefficient (Wildman–Crippen LogP) is 5.16. The molecule has 0 saturated carbocycles. The zero-order valence-corrected chi connectivity index (χ0v) is 17.5. The summed E-state index contributed by atoms with van der Waals surface area (Å²) in [6.07, 6.45) is 3.80. The number of aryl methyl sites for hydroxylation is 2. The maximum absolute atomic E-state index is 12.6. The molecule has 5 aromatic rings. The number of amides is 1. The average Bonchev–Trinajstić information content (AvgIpc) is 3.30. The van der Waals surface area contributed by atoms with Gasteiger partial charge in [0.2, 0.25) is 0 Å². The molecule has 30 heavy (non-hydrogen) atoms. The van der Waals surface area contributed by atoms with Gasteiger partial charge in [-0.3, -0.25) is 14.2 Å². The second-order valence-corrected chi connectivity index (χ2v) is 8.39. The summed E-state index contributed by atoms with van der Waals surface area (Å²) in [7, 11) is 0. The molecule has 0 aliphatic rings. The van der Waals surface area contributed by atoms with Gasteiger partial charge in [-0.25, -0.2) is 4.98 Å². The monoisotopic (exact) mass is 412 g/mol. The van der Waals surface area contributed by atoms with E-state index in [1.807, 2.05) is 36.4 Å². The topological polar surface area (TPSA) is 59.3 Å². The lowest BCUT2D eigenvalue weighted by Gasteiger charge is -2.05. The van der Waals surface area contributed by atoms with E-state index in [0.717, 1.165) is 32.1 Å². The highest BCUT2D eigenvalue weighted by molar-refractivity contribution is 7.23. The van der Waals surface area contributed by atoms with Crippen molar-refractivity contribution in [3.05, 3.63) is 89.4 Å². The fraction of sp³-hybridized carbons (Fsp3) is 0.125. The summed E-state index contributed by atoms with van der Waals surface area (Å²) in [5.74, 6) is -0.107. The molecule has 0 spiro atoms. The van der Waals surface area contributed by atoms with Crippen LogP contribution in [0.1, 0.15) is 27.2 Å². The molecule has 0 saturated heterocycles. The summed E-state index contributed by atoms with van der Waals surface area (Å²) in [4.78, 5) is 22.6. The van der Waals surface area contributed by atoms with Crippen LogP contribution < -0.4 is 5.32 Å². The van der Waals surface area contributed by atoms with Gasteiger partial charge in [-0.15, -0.1) is 0 Å². The number of rotatable bonds is 4. The van der Waals surface area contributed by atoms with Crippen LogP contribution >= 0.6 is 11.3 Å². The summed E-state index contributed by atoms with van der Waals surface area (Å²) in [5.41, 5.74) is 7.11. The maximum atomic E-state index is 12.6. The first-order valence-electron chi connectivity index (χ1n) is 9.76. The standard InChI is InChI=1S/C24H20N4OS/c1-15-6-8-19(16(2)11-15)20-14-28-21-9-7-17(12-22(21)30-24(28)27-20)23(29)26-13-18-5-3-4-10-25-18/h3-12,14H,13H2,1-2H3,(H,26,29). The number of thiazole rings is 1. The van der Waals surface area contributed by atoms with E-state index in [2.05, 4.69) is 52.9 Å². The summed E-state index contributed by atoms with van der Waals surface area (Å²) < 4.78 is 3.14. The van der Waals surface area contributed by atoms with E-state index in [9.17, 15) is 4.79 Å². The van der Waals surface area contributed by atoms with Gasteiger partial charge in [-0.05, 0) is 49.7 Å². The lowest BCUT2D eigenvalue weighted by atomic mass is 10.0. The SMILES string of the molecule is Cc1ccc(-c2cn3c(n2)sc2cc(C(=O)NCc4ccccn4)ccc23)c(C)c1. The van der Waals surface area contributed by atoms with Crippen LogP contribution in [0, 0.1) is 13.8 Å². The molecule has 1 amide bonds. The Hall–Kier alpha value is -3.51. The van der Waals surface area contributed by atoms with E-state index < -0.39 is 0 Å². The molecule has 3 heterocycles. The zero-order chi connectivity index (χ0) is 20.7. The zero-order valence-electron chi connectivity index (χ0n) is 16.7. The predicted molar refractivity (Wildman–Crippen MR) is 121 cm³/mol. The number of hydrogen-bond acceptors (Lipinski definition) is 4. The molecule has 5 nitrogen and oxygen atoms in total. The van der Waals surface area contributed by atoms with Crippen LogP contribution in [-0.2, 0) is 6.54 Å². The molecule has 3 aromatic heterocycles. The second-order valence-electron chi connectivity index (χ2n) is 7.39. The number of carbonyl (C=O) groups excluding carboxylic acids is 1. The number of benzene rings is 2. The van der Waals surface area contributed by atoms with Gasteiger partial charge < -0.3 is 5.32 Å². The minimum absolute atomic E-state index is 0.107. The Balaban J connectivity index is 1.43. The fourth-order valence-corrected chi connectivity index (χ4v) is 4.70. The number of fused-ring (bicyclic) bond motifs is 3. The number of carbonyl (C=O) groups is 1. The van der Waals surface area contributed by atoms with Crippen molar-refractivity contribution >= 4 is 32.4 Å². The van der Waals surface area contributed by atoms with Crippen molar-refractivity contribution in [1.29, 1.82) is 0 Å². The average molecular weight is 413 g/mol. The van der Waals surface area contributed by atoms with Gasteiger partial charge in [0.15, 0.2) is 4.96 Å². The normalized spacial score (nSPS) is 11.3. The van der Waals surface area contributed by atoms with E-state index in [1.165, 1.54) is 11.1 Å². The maximum Gasteiger partial charge on any atom is 0.251 e. The van der Waals surface area contributed by atoms with Crippen LogP contribution in [0.4, 0.5) is 0 Å². The Labute approximate surface area is 178 Å². The van der Waals surface area contributed by atoms with Crippen molar-refractivity contribution in [2.75, 3.05) is 0 Å². The molecule has 0 aliphatic carbocycles. The summed E-state index contributed by atoms with van der Waals surface area (Å²) in [6.45, 7) is 4.62. The third kappa shape index (κ3) is 3.35. The Bertz CT molecular complexity index is 1380. The minimum Gasteiger partial charge on any atom is -0.346 e. The second kappa shape index (κ2) is 7.39. The quantitative estimate of drug-likeness (QED) is 0.444. The smallest absolute Gasteiger partial charge is 0.251 e. The van der Waals surface area contributed by atoms with Crippen molar-refractivity contribution in [3.63, 3.8) is 0 Å². The van der Waals surface area contributed by atoms with Crippen LogP contribution in [-0.4, -0.2) is 20.3 Å². The van der Waals surface area contributed by atoms with Gasteiger partial charge >= 0.3 is 0 Å². The largest absolute Gasteiger partial charge is 0.346 e. The van der Waals surface area contributed by atoms with Gasteiger partial charge in [0.25, 0.3) is 5.91 Å². The first-order valence-corrected chi connectivity index (χ1v) is 10.6. The summed E-state index contributed by atoms with van der Waals surface area (Å²) in [5, 5.41) is 2.93. The van der Waals surface area contributed by atoms with E-state index in [0.29, 0.717) is 12.1 Å². The van der Waals surface area contributed by atoms with Crippen LogP contribution in [0.15, 0.2) is 67.0 Å². The van der Waals surface area contributed by atoms with Crippen LogP contribution in [0.25, 0.3) is 26.4 Å². The lowest BCUT2D eigenvalue weighted by Crippen LogP contribution is -2.23. The third-order valence-electron chi connectivity index (χ3n) is 5.17. The van der Waals surface area contributed by atoms with E-state index in [-0.39, 0.29) is 5.91 Å². The van der Waals surface area contributed by atoms with Gasteiger partial charge in [-0.2, -0.15) is 0 Å². The molecule has 2 aromatic carbocycles. The highest BCUT2D eigenvalue weighted by Crippen LogP contribution is 2.31. The van der Waals surface area contributed by atoms with Crippen LogP contribution in [0.3, 0.4) is 0 Å². The van der Waals surface area contributed by atoms with Crippen molar-refractivity contribution in [2.24, 2.45) is 0 Å². The van der Waals surface area contributed by atoms with Crippen molar-refractivity contribution in [3.8, 4) is 11.3 Å². The minimum atomic E-state index is -0.107. The molecule has 5 rings (SSSR count). The molecule has 0 fully saturated rings. The highest BCUT2D eigenvalue weighted by atomic mass is 32.1. The molecule has 0 bridgehead atoms. The molecule has 148 valence electrons. The van der Waals surface area contributed by atoms with Crippen LogP contribution in [0.2, 0.25) is 0 Å². The number of nitrogens with one attached hydrogen (secondary N) is 1. The number of nitrogens with zero attached hydrogens (tertiary/aromatic N) is 3. The number of aromatic nitrogens is 3. The Morgan fingerprint density at radius 3 is 2.80 bits per heavy atom. The number of hydrogen-bond donors (Lipinski definition) is 1. The highest BCUT2D eigenvalue weighted by Gasteiger charge is 2.14. The molecule has 0 aliphatic heterocycles. The van der Waals surface area contributed by atoms with Crippen molar-refractivity contribution in [1.82, 2.24) is 19.7 Å². The molecule has 0 unspecified atom stereocenters. The first kappa shape index (κ1) is 18.5. The summed E-state index contributed by atoms with van der Waals surface area (Å²) in [6, 6.07) is 17.9. The van der Waals surface area contributed by atoms with Gasteiger partial charge in [0.1, 0.15) is 0 Å². The fourth-order valence-electron chi connectivity index (χ4n) is 3.65. The lowest BCUT2D eigenvalue weighted by molar-refractivity contribution is 0.0950. The van der Waals surface area contributed by atoms with Gasteiger partial charge in [-0.1, -0.05) is 41.2 Å². The van der Waals surface area contributed by atoms with E-state index in [4.69, 9.17) is 4.98 Å². The van der Waals surface area contributed by atoms with E-state index >= 15 is 0 Å². The number of pyridine rings is 1. The Morgan fingerprint density at radius 2 is 2.00 bits per heavy atom. The number of imidazole rings is 1.